The summed E-state index contributed by atoms with van der Waals surface area (Å²) in [6.07, 6.45) is 2.55. The number of aliphatic hydroxyl groups is 1. The van der Waals surface area contributed by atoms with Crippen LogP contribution in [0.15, 0.2) is 48.5 Å². The van der Waals surface area contributed by atoms with Gasteiger partial charge in [-0.25, -0.2) is 0 Å². The van der Waals surface area contributed by atoms with Gasteiger partial charge in [-0.05, 0) is 75.1 Å². The van der Waals surface area contributed by atoms with Gasteiger partial charge in [0.1, 0.15) is 11.6 Å². The Labute approximate surface area is 236 Å². The Morgan fingerprint density at radius 2 is 1.82 bits per heavy atom. The number of nitrogens with zero attached hydrogens (tertiary/aromatic N) is 1. The first-order chi connectivity index (χ1) is 19.1. The fourth-order valence-electron chi connectivity index (χ4n) is 7.22. The number of fused-ring (bicyclic) bond motifs is 1. The summed E-state index contributed by atoms with van der Waals surface area (Å²) in [6.45, 7) is 8.70. The van der Waals surface area contributed by atoms with Gasteiger partial charge >= 0.3 is 0 Å². The molecular formula is C32H41N3O5. The second-order valence-corrected chi connectivity index (χ2v) is 12.0. The summed E-state index contributed by atoms with van der Waals surface area (Å²) in [7, 11) is 0. The van der Waals surface area contributed by atoms with Gasteiger partial charge in [-0.3, -0.25) is 14.4 Å². The topological polar surface area (TPSA) is 108 Å². The number of hydrogen-bond acceptors (Lipinski definition) is 5. The van der Waals surface area contributed by atoms with Crippen molar-refractivity contribution in [3.05, 3.63) is 65.2 Å². The molecule has 6 atom stereocenters. The zero-order valence-corrected chi connectivity index (χ0v) is 23.9. The molecule has 8 heteroatoms. The molecule has 3 heterocycles. The molecule has 8 nitrogen and oxygen atoms in total. The van der Waals surface area contributed by atoms with Crippen LogP contribution in [0.5, 0.6) is 0 Å². The minimum Gasteiger partial charge on any atom is -0.396 e. The fraction of sp³-hybridized carbons (Fsp3) is 0.531. The van der Waals surface area contributed by atoms with Crippen LogP contribution in [0.4, 0.5) is 5.69 Å². The number of rotatable bonds is 10. The van der Waals surface area contributed by atoms with E-state index in [4.69, 9.17) is 4.74 Å². The zero-order valence-electron chi connectivity index (χ0n) is 23.9. The highest BCUT2D eigenvalue weighted by Gasteiger charge is 2.79. The molecule has 0 aromatic heterocycles. The highest BCUT2D eigenvalue weighted by Crippen LogP contribution is 2.65. The summed E-state index contributed by atoms with van der Waals surface area (Å²) in [5, 5.41) is 15.4. The Hall–Kier alpha value is -3.23. The number of anilines is 1. The predicted molar refractivity (Wildman–Crippen MR) is 152 cm³/mol. The van der Waals surface area contributed by atoms with Crippen molar-refractivity contribution in [2.24, 2.45) is 17.8 Å². The summed E-state index contributed by atoms with van der Waals surface area (Å²) in [4.78, 5) is 43.8. The summed E-state index contributed by atoms with van der Waals surface area (Å²) in [5.74, 6) is -2.15. The van der Waals surface area contributed by atoms with Crippen molar-refractivity contribution in [1.29, 1.82) is 0 Å². The van der Waals surface area contributed by atoms with Crippen LogP contribution in [0.25, 0.3) is 0 Å². The van der Waals surface area contributed by atoms with E-state index in [1.807, 2.05) is 69.3 Å². The van der Waals surface area contributed by atoms with Crippen LogP contribution in [0.2, 0.25) is 0 Å². The van der Waals surface area contributed by atoms with Crippen LogP contribution in [0.3, 0.4) is 0 Å². The lowest BCUT2D eigenvalue weighted by Crippen LogP contribution is -2.54. The number of unbranched alkanes of at least 4 members (excludes halogenated alkanes) is 2. The van der Waals surface area contributed by atoms with Crippen molar-refractivity contribution in [2.45, 2.75) is 77.2 Å². The van der Waals surface area contributed by atoms with Gasteiger partial charge in [0, 0.05) is 25.4 Å². The lowest BCUT2D eigenvalue weighted by Gasteiger charge is -2.36. The molecule has 3 aliphatic heterocycles. The smallest absolute Gasteiger partial charge is 0.250 e. The summed E-state index contributed by atoms with van der Waals surface area (Å²) in [5.41, 5.74) is 1.70. The van der Waals surface area contributed by atoms with Crippen molar-refractivity contribution in [3.63, 3.8) is 0 Å². The van der Waals surface area contributed by atoms with E-state index in [0.717, 1.165) is 23.1 Å². The molecule has 0 radical (unpaired) electrons. The summed E-state index contributed by atoms with van der Waals surface area (Å²) >= 11 is 0. The van der Waals surface area contributed by atoms with E-state index in [2.05, 4.69) is 17.6 Å². The SMILES string of the molecule is Cc1ccc(C)c(NC(=O)C2N(CCCCCO)C(=O)[C@@H]3[C@H](C(=O)NCc4ccccc4)[C@@]4(C)OC23CC4C)c1. The van der Waals surface area contributed by atoms with E-state index >= 15 is 0 Å². The van der Waals surface area contributed by atoms with Gasteiger partial charge in [-0.1, -0.05) is 49.4 Å². The van der Waals surface area contributed by atoms with Gasteiger partial charge in [0.05, 0.1) is 17.4 Å². The van der Waals surface area contributed by atoms with Crippen molar-refractivity contribution in [1.82, 2.24) is 10.2 Å². The van der Waals surface area contributed by atoms with Gasteiger partial charge in [0.15, 0.2) is 0 Å². The van der Waals surface area contributed by atoms with Crippen molar-refractivity contribution < 1.29 is 24.2 Å². The quantitative estimate of drug-likeness (QED) is 0.393. The first kappa shape index (κ1) is 28.3. The van der Waals surface area contributed by atoms with E-state index in [-0.39, 0.29) is 30.2 Å². The maximum Gasteiger partial charge on any atom is 0.250 e. The molecule has 3 N–H and O–H groups in total. The molecule has 40 heavy (non-hydrogen) atoms. The molecule has 2 aromatic carbocycles. The molecule has 3 unspecified atom stereocenters. The number of aliphatic hydroxyl groups excluding tert-OH is 1. The highest BCUT2D eigenvalue weighted by molar-refractivity contribution is 6.04. The van der Waals surface area contributed by atoms with Crippen LogP contribution < -0.4 is 10.6 Å². The van der Waals surface area contributed by atoms with E-state index < -0.39 is 29.1 Å². The molecule has 214 valence electrons. The highest BCUT2D eigenvalue weighted by atomic mass is 16.5. The molecule has 3 aliphatic rings. The summed E-state index contributed by atoms with van der Waals surface area (Å²) < 4.78 is 6.80. The number of carbonyl (C=O) groups is 3. The number of benzene rings is 2. The Morgan fingerprint density at radius 3 is 2.55 bits per heavy atom. The molecule has 3 amide bonds. The number of hydrogen-bond donors (Lipinski definition) is 3. The normalized spacial score (nSPS) is 30.4. The number of carbonyl (C=O) groups excluding carboxylic acids is 3. The maximum atomic E-state index is 14.2. The van der Waals surface area contributed by atoms with Gasteiger partial charge in [-0.2, -0.15) is 0 Å². The van der Waals surface area contributed by atoms with E-state index in [0.29, 0.717) is 38.0 Å². The second-order valence-electron chi connectivity index (χ2n) is 12.0. The summed E-state index contributed by atoms with van der Waals surface area (Å²) in [6, 6.07) is 14.7. The van der Waals surface area contributed by atoms with Crippen molar-refractivity contribution >= 4 is 23.4 Å². The van der Waals surface area contributed by atoms with Crippen LogP contribution in [0.1, 0.15) is 56.2 Å². The minimum atomic E-state index is -1.08. The third-order valence-electron chi connectivity index (χ3n) is 9.36. The largest absolute Gasteiger partial charge is 0.396 e. The lowest BCUT2D eigenvalue weighted by atomic mass is 9.62. The van der Waals surface area contributed by atoms with E-state index in [1.54, 1.807) is 4.90 Å². The molecule has 0 saturated carbocycles. The molecule has 2 aromatic rings. The predicted octanol–water partition coefficient (Wildman–Crippen LogP) is 3.73. The fourth-order valence-corrected chi connectivity index (χ4v) is 7.22. The molecule has 3 fully saturated rings. The van der Waals surface area contributed by atoms with E-state index in [9.17, 15) is 19.5 Å². The number of nitrogens with one attached hydrogen (secondary N) is 2. The molecule has 0 aliphatic carbocycles. The van der Waals surface area contributed by atoms with Crippen LogP contribution in [-0.4, -0.2) is 58.1 Å². The van der Waals surface area contributed by atoms with Gasteiger partial charge in [0.25, 0.3) is 0 Å². The van der Waals surface area contributed by atoms with Crippen LogP contribution in [-0.2, 0) is 25.7 Å². The van der Waals surface area contributed by atoms with Gasteiger partial charge < -0.3 is 25.4 Å². The third-order valence-corrected chi connectivity index (χ3v) is 9.36. The first-order valence-electron chi connectivity index (χ1n) is 14.4. The Bertz CT molecular complexity index is 1280. The van der Waals surface area contributed by atoms with Crippen molar-refractivity contribution in [3.8, 4) is 0 Å². The molecule has 2 bridgehead atoms. The Morgan fingerprint density at radius 1 is 1.07 bits per heavy atom. The Kier molecular flexibility index (Phi) is 7.77. The van der Waals surface area contributed by atoms with Crippen LogP contribution in [0, 0.1) is 31.6 Å². The number of aryl methyl sites for hydroxylation is 2. The average molecular weight is 548 g/mol. The standard InChI is InChI=1S/C32H41N3O5/c1-20-13-14-21(2)24(17-20)34-29(38)27-32-18-22(3)31(4,40-32)25(28(37)33-19-23-11-7-5-8-12-23)26(32)30(39)35(27)15-9-6-10-16-36/h5,7-8,11-14,17,22,25-27,36H,6,9-10,15-16,18-19H2,1-4H3,(H,33,37)(H,34,38)/t22?,25-,26+,27?,31+,32?/m1/s1. The minimum absolute atomic E-state index is 0.0191. The number of likely N-dealkylation sites (tertiary alicyclic amines) is 1. The molecule has 5 rings (SSSR count). The zero-order chi connectivity index (χ0) is 28.7. The average Bonchev–Trinajstić information content (AvgIpc) is 3.44. The molecule has 1 spiro atoms. The molecular weight excluding hydrogens is 506 g/mol. The monoisotopic (exact) mass is 547 g/mol. The van der Waals surface area contributed by atoms with Gasteiger partial charge in [0.2, 0.25) is 17.7 Å². The van der Waals surface area contributed by atoms with E-state index in [1.165, 1.54) is 0 Å². The lowest BCUT2D eigenvalue weighted by molar-refractivity contribution is -0.146. The van der Waals surface area contributed by atoms with Crippen molar-refractivity contribution in [2.75, 3.05) is 18.5 Å². The second kappa shape index (κ2) is 11.0. The third kappa shape index (κ3) is 4.71. The number of ether oxygens (including phenoxy) is 1. The first-order valence-corrected chi connectivity index (χ1v) is 14.4. The Balaban J connectivity index is 1.48. The van der Waals surface area contributed by atoms with Gasteiger partial charge in [-0.15, -0.1) is 0 Å². The molecule has 3 saturated heterocycles. The number of amides is 3. The maximum absolute atomic E-state index is 14.2. The van der Waals surface area contributed by atoms with Crippen LogP contribution >= 0.6 is 0 Å².